The van der Waals surface area contributed by atoms with Crippen LogP contribution in [-0.2, 0) is 59.6 Å². The van der Waals surface area contributed by atoms with Gasteiger partial charge in [0.1, 0.15) is 37.5 Å². The van der Waals surface area contributed by atoms with Crippen molar-refractivity contribution in [3.8, 4) is 0 Å². The Kier molecular flexibility index (Phi) is 19.6. The molecule has 0 aliphatic rings. The van der Waals surface area contributed by atoms with Gasteiger partial charge in [-0.1, -0.05) is 121 Å². The molecule has 0 aliphatic heterocycles. The second-order valence-corrected chi connectivity index (χ2v) is 15.4. The van der Waals surface area contributed by atoms with Crippen molar-refractivity contribution in [3.63, 3.8) is 0 Å². The molecule has 4 rings (SSSR count). The summed E-state index contributed by atoms with van der Waals surface area (Å²) in [5.74, 6) is -1.91. The van der Waals surface area contributed by atoms with Gasteiger partial charge in [-0.25, -0.2) is 14.4 Å². The zero-order valence-corrected chi connectivity index (χ0v) is 36.0. The fraction of sp³-hybridized carbons (Fsp3) is 0.340. The highest BCUT2D eigenvalue weighted by molar-refractivity contribution is 6.01. The van der Waals surface area contributed by atoms with E-state index in [4.69, 9.17) is 18.9 Å². The average molecular weight is 865 g/mol. The molecule has 0 saturated heterocycles. The van der Waals surface area contributed by atoms with E-state index < -0.39 is 53.7 Å². The molecule has 4 aromatic carbocycles. The third-order valence-electron chi connectivity index (χ3n) is 8.96. The lowest BCUT2D eigenvalue weighted by Gasteiger charge is -2.27. The first kappa shape index (κ1) is 48.4. The molecule has 0 fully saturated rings. The zero-order chi connectivity index (χ0) is 45.5. The number of hydrogen-bond donors (Lipinski definition) is 4. The number of alkyl carbamates (subject to hydrolysis) is 3. The van der Waals surface area contributed by atoms with E-state index in [1.165, 1.54) is 11.9 Å². The summed E-state index contributed by atoms with van der Waals surface area (Å²) in [5, 5.41) is 10.3. The molecule has 0 bridgehead atoms. The summed E-state index contributed by atoms with van der Waals surface area (Å²) in [6.45, 7) is 5.00. The molecule has 4 N–H and O–H groups in total. The standard InChI is InChI=1S/C47H56N6O10/c1-47(2,3)63-46(59)50-38(26-17-28-48-43(51-44(57)61-32-36-22-13-7-14-23-36)52-45(58)62-33-37-24-15-8-16-25-37)41(55)49-39(30-34-18-9-5-10-19-34)42(56)53(4)29-27-40(54)60-31-35-20-11-6-12-21-35/h5-16,18-25,38-39H,17,26-33H2,1-4H3,(H,49,55)(H,50,59)(H2,48,51,52,57,58)/t38-,39+/m1/s1. The molecular weight excluding hydrogens is 809 g/mol. The molecule has 0 heterocycles. The largest absolute Gasteiger partial charge is 0.461 e. The number of carbonyl (C=O) groups is 6. The second kappa shape index (κ2) is 25.5. The quantitative estimate of drug-likeness (QED) is 0.0277. The van der Waals surface area contributed by atoms with Gasteiger partial charge in [-0.05, 0) is 55.9 Å². The van der Waals surface area contributed by atoms with Gasteiger partial charge in [-0.3, -0.25) is 30.0 Å². The lowest BCUT2D eigenvalue weighted by Crippen LogP contribution is -2.55. The van der Waals surface area contributed by atoms with Crippen molar-refractivity contribution in [2.75, 3.05) is 20.1 Å². The topological polar surface area (TPSA) is 203 Å². The Balaban J connectivity index is 1.45. The van der Waals surface area contributed by atoms with Gasteiger partial charge in [-0.2, -0.15) is 0 Å². The number of guanidine groups is 1. The molecule has 0 aromatic heterocycles. The number of nitrogens with zero attached hydrogens (tertiary/aromatic N) is 2. The maximum atomic E-state index is 14.0. The Hall–Kier alpha value is -7.23. The summed E-state index contributed by atoms with van der Waals surface area (Å²) >= 11 is 0. The molecule has 2 atom stereocenters. The first-order valence-corrected chi connectivity index (χ1v) is 20.5. The number of amides is 5. The number of nitrogens with one attached hydrogen (secondary N) is 4. The lowest BCUT2D eigenvalue weighted by molar-refractivity contribution is -0.146. The van der Waals surface area contributed by atoms with E-state index in [1.54, 1.807) is 69.3 Å². The van der Waals surface area contributed by atoms with Crippen molar-refractivity contribution < 1.29 is 47.7 Å². The molecule has 16 nitrogen and oxygen atoms in total. The van der Waals surface area contributed by atoms with E-state index in [0.717, 1.165) is 22.3 Å². The molecule has 0 radical (unpaired) electrons. The molecule has 5 amide bonds. The molecule has 4 aromatic rings. The van der Waals surface area contributed by atoms with E-state index in [2.05, 4.69) is 26.3 Å². The summed E-state index contributed by atoms with van der Waals surface area (Å²) in [5.41, 5.74) is 2.18. The van der Waals surface area contributed by atoms with Crippen LogP contribution in [0.25, 0.3) is 0 Å². The fourth-order valence-electron chi connectivity index (χ4n) is 5.79. The molecule has 0 spiro atoms. The van der Waals surface area contributed by atoms with Crippen LogP contribution < -0.4 is 21.3 Å². The minimum Gasteiger partial charge on any atom is -0.461 e. The van der Waals surface area contributed by atoms with Gasteiger partial charge in [0, 0.05) is 26.6 Å². The minimum absolute atomic E-state index is 0.00585. The molecule has 63 heavy (non-hydrogen) atoms. The maximum Gasteiger partial charge on any atom is 0.414 e. The highest BCUT2D eigenvalue weighted by atomic mass is 16.6. The first-order chi connectivity index (χ1) is 30.2. The fourth-order valence-corrected chi connectivity index (χ4v) is 5.79. The van der Waals surface area contributed by atoms with E-state index in [9.17, 15) is 28.8 Å². The van der Waals surface area contributed by atoms with Crippen molar-refractivity contribution in [2.45, 2.75) is 84.0 Å². The van der Waals surface area contributed by atoms with Gasteiger partial charge >= 0.3 is 24.2 Å². The van der Waals surface area contributed by atoms with Crippen molar-refractivity contribution in [1.82, 2.24) is 26.2 Å². The number of ether oxygens (including phenoxy) is 4. The van der Waals surface area contributed by atoms with Gasteiger partial charge in [-0.15, -0.1) is 0 Å². The Labute approximate surface area is 367 Å². The Morgan fingerprint density at radius 2 is 1.06 bits per heavy atom. The Morgan fingerprint density at radius 1 is 0.603 bits per heavy atom. The van der Waals surface area contributed by atoms with Crippen LogP contribution in [0.4, 0.5) is 14.4 Å². The summed E-state index contributed by atoms with van der Waals surface area (Å²) in [6.07, 6.45) is -2.49. The number of esters is 1. The van der Waals surface area contributed by atoms with Crippen LogP contribution in [0.1, 0.15) is 62.3 Å². The molecule has 0 unspecified atom stereocenters. The van der Waals surface area contributed by atoms with E-state index in [-0.39, 0.29) is 64.6 Å². The summed E-state index contributed by atoms with van der Waals surface area (Å²) in [6, 6.07) is 34.0. The third kappa shape index (κ3) is 19.4. The SMILES string of the molecule is CN(CCC(=O)OCc1ccccc1)C(=O)[C@H](Cc1ccccc1)NC(=O)[C@@H](CCCN=C(NC(=O)OCc1ccccc1)NC(=O)OCc1ccccc1)NC(=O)OC(C)(C)C. The monoisotopic (exact) mass is 864 g/mol. The number of likely N-dealkylation sites (N-methyl/N-ethyl adjacent to an activating group) is 1. The number of hydrogen-bond acceptors (Lipinski definition) is 11. The van der Waals surface area contributed by atoms with Crippen molar-refractivity contribution in [3.05, 3.63) is 144 Å². The van der Waals surface area contributed by atoms with E-state index in [0.29, 0.717) is 0 Å². The van der Waals surface area contributed by atoms with Crippen molar-refractivity contribution in [2.24, 2.45) is 4.99 Å². The van der Waals surface area contributed by atoms with Crippen molar-refractivity contribution in [1.29, 1.82) is 0 Å². The average Bonchev–Trinajstić information content (AvgIpc) is 3.27. The van der Waals surface area contributed by atoms with Gasteiger partial charge < -0.3 is 34.5 Å². The van der Waals surface area contributed by atoms with Crippen LogP contribution >= 0.6 is 0 Å². The number of aliphatic imine (C=N–C) groups is 1. The predicted octanol–water partition coefficient (Wildman–Crippen LogP) is 6.19. The minimum atomic E-state index is -1.21. The second-order valence-electron chi connectivity index (χ2n) is 15.4. The summed E-state index contributed by atoms with van der Waals surface area (Å²) in [7, 11) is 1.53. The van der Waals surface area contributed by atoms with Gasteiger partial charge in [0.15, 0.2) is 0 Å². The Morgan fingerprint density at radius 3 is 1.54 bits per heavy atom. The van der Waals surface area contributed by atoms with Gasteiger partial charge in [0.25, 0.3) is 0 Å². The van der Waals surface area contributed by atoms with Gasteiger partial charge in [0.05, 0.1) is 6.42 Å². The molecular formula is C47H56N6O10. The smallest absolute Gasteiger partial charge is 0.414 e. The molecule has 0 saturated carbocycles. The van der Waals surface area contributed by atoms with Crippen LogP contribution in [-0.4, -0.2) is 84.7 Å². The molecule has 0 aliphatic carbocycles. The van der Waals surface area contributed by atoms with Crippen LogP contribution in [0.2, 0.25) is 0 Å². The van der Waals surface area contributed by atoms with Gasteiger partial charge in [0.2, 0.25) is 17.8 Å². The van der Waals surface area contributed by atoms with Crippen LogP contribution in [0.3, 0.4) is 0 Å². The normalized spacial score (nSPS) is 11.7. The van der Waals surface area contributed by atoms with Crippen LogP contribution in [0.15, 0.2) is 126 Å². The van der Waals surface area contributed by atoms with Crippen molar-refractivity contribution >= 4 is 42.0 Å². The maximum absolute atomic E-state index is 14.0. The summed E-state index contributed by atoms with van der Waals surface area (Å²) in [4.78, 5) is 84.8. The van der Waals surface area contributed by atoms with Crippen LogP contribution in [0.5, 0.6) is 0 Å². The van der Waals surface area contributed by atoms with E-state index >= 15 is 0 Å². The van der Waals surface area contributed by atoms with Crippen LogP contribution in [0, 0.1) is 0 Å². The third-order valence-corrected chi connectivity index (χ3v) is 8.96. The number of carbonyl (C=O) groups excluding carboxylic acids is 6. The Bertz CT molecular complexity index is 2040. The highest BCUT2D eigenvalue weighted by Crippen LogP contribution is 2.11. The first-order valence-electron chi connectivity index (χ1n) is 20.5. The molecule has 16 heteroatoms. The zero-order valence-electron chi connectivity index (χ0n) is 36.0. The molecule has 334 valence electrons. The highest BCUT2D eigenvalue weighted by Gasteiger charge is 2.30. The predicted molar refractivity (Wildman–Crippen MR) is 235 cm³/mol. The number of rotatable bonds is 19. The number of benzene rings is 4. The summed E-state index contributed by atoms with van der Waals surface area (Å²) < 4.78 is 21.4. The van der Waals surface area contributed by atoms with E-state index in [1.807, 2.05) is 72.8 Å². The lowest BCUT2D eigenvalue weighted by atomic mass is 10.0.